The molecule has 0 aromatic carbocycles. The lowest BCUT2D eigenvalue weighted by atomic mass is 9.74. The molecule has 1 heterocycles. The molecule has 0 radical (unpaired) electrons. The summed E-state index contributed by atoms with van der Waals surface area (Å²) >= 11 is 0. The van der Waals surface area contributed by atoms with Gasteiger partial charge in [-0.15, -0.1) is 0 Å². The van der Waals surface area contributed by atoms with Crippen LogP contribution in [0.3, 0.4) is 0 Å². The van der Waals surface area contributed by atoms with Crippen molar-refractivity contribution in [1.82, 2.24) is 5.32 Å². The number of hydrogen-bond acceptors (Lipinski definition) is 1. The monoisotopic (exact) mass is 159 g/mol. The van der Waals surface area contributed by atoms with Gasteiger partial charge in [0.15, 0.2) is 0 Å². The van der Waals surface area contributed by atoms with E-state index in [1.54, 1.807) is 6.92 Å². The van der Waals surface area contributed by atoms with Crippen LogP contribution in [0.4, 0.5) is 4.39 Å². The Hall–Kier alpha value is -0.110. The van der Waals surface area contributed by atoms with Crippen molar-refractivity contribution in [1.29, 1.82) is 0 Å². The van der Waals surface area contributed by atoms with E-state index in [-0.39, 0.29) is 11.3 Å². The van der Waals surface area contributed by atoms with Crippen LogP contribution in [0.25, 0.3) is 0 Å². The van der Waals surface area contributed by atoms with Gasteiger partial charge < -0.3 is 5.32 Å². The second kappa shape index (κ2) is 2.44. The smallest absolute Gasteiger partial charge is 0.125 e. The molecule has 1 aliphatic rings. The zero-order valence-electron chi connectivity index (χ0n) is 7.87. The van der Waals surface area contributed by atoms with Crippen molar-refractivity contribution in [2.24, 2.45) is 11.3 Å². The van der Waals surface area contributed by atoms with Gasteiger partial charge in [0.05, 0.1) is 0 Å². The fraction of sp³-hybridized carbons (Fsp3) is 1.00. The first-order chi connectivity index (χ1) is 4.84. The molecule has 1 rings (SSSR count). The third kappa shape index (κ3) is 1.73. The van der Waals surface area contributed by atoms with Gasteiger partial charge in [-0.1, -0.05) is 20.8 Å². The van der Waals surface area contributed by atoms with Crippen molar-refractivity contribution in [2.75, 3.05) is 13.1 Å². The summed E-state index contributed by atoms with van der Waals surface area (Å²) in [6.45, 7) is 9.32. The van der Waals surface area contributed by atoms with Crippen LogP contribution in [0.1, 0.15) is 27.7 Å². The minimum absolute atomic E-state index is 0.0764. The lowest BCUT2D eigenvalue weighted by Gasteiger charge is -2.33. The summed E-state index contributed by atoms with van der Waals surface area (Å²) in [5.74, 6) is 0.148. The molecule has 66 valence electrons. The zero-order chi connectivity index (χ0) is 8.70. The first-order valence-corrected chi connectivity index (χ1v) is 4.24. The Morgan fingerprint density at radius 3 is 2.18 bits per heavy atom. The molecule has 2 heteroatoms. The average molecular weight is 159 g/mol. The highest BCUT2D eigenvalue weighted by molar-refractivity contribution is 4.97. The SMILES string of the molecule is CC(C)(C)C1CNCC1(C)F. The number of alkyl halides is 1. The molecular weight excluding hydrogens is 141 g/mol. The molecular formula is C9H18FN. The molecule has 1 nitrogen and oxygen atoms in total. The van der Waals surface area contributed by atoms with E-state index in [2.05, 4.69) is 26.1 Å². The maximum Gasteiger partial charge on any atom is 0.125 e. The van der Waals surface area contributed by atoms with Gasteiger partial charge in [-0.2, -0.15) is 0 Å². The Morgan fingerprint density at radius 1 is 1.45 bits per heavy atom. The first-order valence-electron chi connectivity index (χ1n) is 4.24. The van der Waals surface area contributed by atoms with Crippen molar-refractivity contribution in [2.45, 2.75) is 33.4 Å². The lowest BCUT2D eigenvalue weighted by molar-refractivity contribution is 0.0737. The van der Waals surface area contributed by atoms with Crippen LogP contribution >= 0.6 is 0 Å². The summed E-state index contributed by atoms with van der Waals surface area (Å²) in [7, 11) is 0. The largest absolute Gasteiger partial charge is 0.313 e. The van der Waals surface area contributed by atoms with Crippen LogP contribution < -0.4 is 5.32 Å². The molecule has 0 aromatic heterocycles. The second-order valence-corrected chi connectivity index (χ2v) is 4.83. The van der Waals surface area contributed by atoms with Gasteiger partial charge in [0.1, 0.15) is 5.67 Å². The average Bonchev–Trinajstić information content (AvgIpc) is 2.06. The molecule has 0 bridgehead atoms. The molecule has 0 aromatic rings. The lowest BCUT2D eigenvalue weighted by Crippen LogP contribution is -2.37. The highest BCUT2D eigenvalue weighted by atomic mass is 19.1. The van der Waals surface area contributed by atoms with Gasteiger partial charge in [0.2, 0.25) is 0 Å². The van der Waals surface area contributed by atoms with E-state index in [0.717, 1.165) is 6.54 Å². The standard InChI is InChI=1S/C9H18FN/c1-8(2,3)7-5-11-6-9(7,4)10/h7,11H,5-6H2,1-4H3. The van der Waals surface area contributed by atoms with Gasteiger partial charge >= 0.3 is 0 Å². The highest BCUT2D eigenvalue weighted by Crippen LogP contribution is 2.39. The molecule has 0 amide bonds. The molecule has 1 aliphatic heterocycles. The Kier molecular flexibility index (Phi) is 1.99. The van der Waals surface area contributed by atoms with E-state index in [4.69, 9.17) is 0 Å². The predicted molar refractivity (Wildman–Crippen MR) is 45.3 cm³/mol. The quantitative estimate of drug-likeness (QED) is 0.570. The summed E-state index contributed by atoms with van der Waals surface area (Å²) in [4.78, 5) is 0. The zero-order valence-corrected chi connectivity index (χ0v) is 7.87. The van der Waals surface area contributed by atoms with Crippen LogP contribution in [0.2, 0.25) is 0 Å². The number of hydrogen-bond donors (Lipinski definition) is 1. The van der Waals surface area contributed by atoms with Crippen molar-refractivity contribution in [3.8, 4) is 0 Å². The van der Waals surface area contributed by atoms with Crippen molar-refractivity contribution in [3.63, 3.8) is 0 Å². The van der Waals surface area contributed by atoms with E-state index in [0.29, 0.717) is 6.54 Å². The Bertz CT molecular complexity index is 146. The highest BCUT2D eigenvalue weighted by Gasteiger charge is 2.45. The summed E-state index contributed by atoms with van der Waals surface area (Å²) in [6, 6.07) is 0. The van der Waals surface area contributed by atoms with Gasteiger partial charge in [0.25, 0.3) is 0 Å². The molecule has 1 saturated heterocycles. The first kappa shape index (κ1) is 8.98. The van der Waals surface area contributed by atoms with Gasteiger partial charge in [0, 0.05) is 19.0 Å². The van der Waals surface area contributed by atoms with E-state index >= 15 is 0 Å². The topological polar surface area (TPSA) is 12.0 Å². The fourth-order valence-corrected chi connectivity index (χ4v) is 2.01. The molecule has 2 unspecified atom stereocenters. The summed E-state index contributed by atoms with van der Waals surface area (Å²) in [5, 5.41) is 3.09. The minimum atomic E-state index is -1.02. The van der Waals surface area contributed by atoms with Crippen LogP contribution in [0.15, 0.2) is 0 Å². The summed E-state index contributed by atoms with van der Waals surface area (Å²) in [5.41, 5.74) is -0.939. The molecule has 2 atom stereocenters. The fourth-order valence-electron chi connectivity index (χ4n) is 2.01. The van der Waals surface area contributed by atoms with Crippen LogP contribution in [0.5, 0.6) is 0 Å². The van der Waals surface area contributed by atoms with E-state index in [9.17, 15) is 4.39 Å². The molecule has 1 fully saturated rings. The van der Waals surface area contributed by atoms with Crippen molar-refractivity contribution in [3.05, 3.63) is 0 Å². The second-order valence-electron chi connectivity index (χ2n) is 4.83. The summed E-state index contributed by atoms with van der Waals surface area (Å²) in [6.07, 6.45) is 0. The molecule has 0 saturated carbocycles. The Balaban J connectivity index is 2.73. The van der Waals surface area contributed by atoms with Gasteiger partial charge in [-0.05, 0) is 12.3 Å². The van der Waals surface area contributed by atoms with Crippen LogP contribution in [-0.2, 0) is 0 Å². The maximum absolute atomic E-state index is 13.7. The predicted octanol–water partition coefficient (Wildman–Crippen LogP) is 1.98. The number of nitrogens with one attached hydrogen (secondary N) is 1. The molecule has 0 aliphatic carbocycles. The molecule has 11 heavy (non-hydrogen) atoms. The van der Waals surface area contributed by atoms with E-state index in [1.165, 1.54) is 0 Å². The van der Waals surface area contributed by atoms with E-state index in [1.807, 2.05) is 0 Å². The molecule has 0 spiro atoms. The Labute approximate surface area is 68.4 Å². The minimum Gasteiger partial charge on any atom is -0.313 e. The molecule has 1 N–H and O–H groups in total. The number of rotatable bonds is 0. The van der Waals surface area contributed by atoms with Crippen molar-refractivity contribution >= 4 is 0 Å². The van der Waals surface area contributed by atoms with Crippen LogP contribution in [-0.4, -0.2) is 18.8 Å². The van der Waals surface area contributed by atoms with Crippen molar-refractivity contribution < 1.29 is 4.39 Å². The Morgan fingerprint density at radius 2 is 2.00 bits per heavy atom. The van der Waals surface area contributed by atoms with E-state index < -0.39 is 5.67 Å². The summed E-state index contributed by atoms with van der Waals surface area (Å²) < 4.78 is 13.7. The third-order valence-electron chi connectivity index (χ3n) is 2.59. The third-order valence-corrected chi connectivity index (χ3v) is 2.59. The normalized spacial score (nSPS) is 39.5. The number of halogens is 1. The van der Waals surface area contributed by atoms with Gasteiger partial charge in [-0.25, -0.2) is 4.39 Å². The van der Waals surface area contributed by atoms with Crippen LogP contribution in [0, 0.1) is 11.3 Å². The maximum atomic E-state index is 13.7. The van der Waals surface area contributed by atoms with Gasteiger partial charge in [-0.3, -0.25) is 0 Å².